The molecule has 0 N–H and O–H groups in total. The van der Waals surface area contributed by atoms with E-state index >= 15 is 0 Å². The number of furan rings is 1. The number of hydrogen-bond donors (Lipinski definition) is 0. The summed E-state index contributed by atoms with van der Waals surface area (Å²) in [6, 6.07) is 67.0. The van der Waals surface area contributed by atoms with E-state index < -0.39 is 0 Å². The van der Waals surface area contributed by atoms with Gasteiger partial charge in [0.1, 0.15) is 11.2 Å². The van der Waals surface area contributed by atoms with Crippen LogP contribution in [0.5, 0.6) is 0 Å². The number of hydrogen-bond acceptors (Lipinski definition) is 1. The average Bonchev–Trinajstić information content (AvgIpc) is 3.73. The maximum atomic E-state index is 6.52. The van der Waals surface area contributed by atoms with E-state index in [4.69, 9.17) is 4.42 Å². The molecule has 0 saturated heterocycles. The fourth-order valence-corrected chi connectivity index (χ4v) is 10.1. The molecule has 1 heterocycles. The van der Waals surface area contributed by atoms with E-state index in [9.17, 15) is 0 Å². The zero-order valence-corrected chi connectivity index (χ0v) is 31.2. The lowest BCUT2D eigenvalue weighted by Gasteiger charge is -2.24. The molecule has 0 spiro atoms. The summed E-state index contributed by atoms with van der Waals surface area (Å²) in [7, 11) is 0. The Morgan fingerprint density at radius 1 is 0.321 bits per heavy atom. The molecule has 1 aliphatic rings. The molecule has 262 valence electrons. The quantitative estimate of drug-likeness (QED) is 0.131. The van der Waals surface area contributed by atoms with E-state index in [1.54, 1.807) is 0 Å². The minimum atomic E-state index is -0.123. The van der Waals surface area contributed by atoms with Gasteiger partial charge in [0.2, 0.25) is 0 Å². The summed E-state index contributed by atoms with van der Waals surface area (Å²) in [6.07, 6.45) is 0. The van der Waals surface area contributed by atoms with Gasteiger partial charge in [-0.15, -0.1) is 0 Å². The Morgan fingerprint density at radius 2 is 0.750 bits per heavy atom. The van der Waals surface area contributed by atoms with Crippen LogP contribution in [0.4, 0.5) is 0 Å². The highest BCUT2D eigenvalue weighted by molar-refractivity contribution is 6.22. The molecule has 0 aliphatic heterocycles. The van der Waals surface area contributed by atoms with Crippen molar-refractivity contribution in [2.75, 3.05) is 0 Å². The lowest BCUT2D eigenvalue weighted by Crippen LogP contribution is -2.15. The predicted molar refractivity (Wildman–Crippen MR) is 238 cm³/mol. The number of fused-ring (bicyclic) bond motifs is 13. The van der Waals surface area contributed by atoms with Crippen molar-refractivity contribution in [1.82, 2.24) is 0 Å². The van der Waals surface area contributed by atoms with Crippen molar-refractivity contribution < 1.29 is 4.42 Å². The molecule has 1 aromatic heterocycles. The largest absolute Gasteiger partial charge is 0.456 e. The smallest absolute Gasteiger partial charge is 0.135 e. The molecule has 0 amide bonds. The minimum absolute atomic E-state index is 0.123. The van der Waals surface area contributed by atoms with Crippen LogP contribution in [-0.4, -0.2) is 0 Å². The lowest BCUT2D eigenvalue weighted by molar-refractivity contribution is 0.666. The standard InChI is InChI=1S/C55H36O/c1-55(2)48-27-24-34(31-47(48)53-39-18-8-6-16-37(39)38-17-7-13-23-44(38)54(53)55)35-25-28-49-45(30-35)46-32-36(26-29-50(46)56-49)52-42-21-11-9-19-40(42)51(33-14-4-3-5-15-33)41-20-10-12-22-43(41)52/h3-32H,1-2H3. The van der Waals surface area contributed by atoms with Gasteiger partial charge in [-0.3, -0.25) is 0 Å². The first-order valence-electron chi connectivity index (χ1n) is 19.6. The second-order valence-corrected chi connectivity index (χ2v) is 16.0. The molecule has 0 bridgehead atoms. The van der Waals surface area contributed by atoms with E-state index in [2.05, 4.69) is 196 Å². The van der Waals surface area contributed by atoms with Gasteiger partial charge in [0.25, 0.3) is 0 Å². The van der Waals surface area contributed by atoms with Crippen molar-refractivity contribution in [2.45, 2.75) is 19.3 Å². The Balaban J connectivity index is 1.05. The normalized spacial score (nSPS) is 13.3. The summed E-state index contributed by atoms with van der Waals surface area (Å²) in [5.41, 5.74) is 14.6. The van der Waals surface area contributed by atoms with Crippen LogP contribution in [0.2, 0.25) is 0 Å². The van der Waals surface area contributed by atoms with E-state index in [0.717, 1.165) is 21.9 Å². The molecule has 0 atom stereocenters. The summed E-state index contributed by atoms with van der Waals surface area (Å²) < 4.78 is 6.52. The Bertz CT molecular complexity index is 3380. The topological polar surface area (TPSA) is 13.1 Å². The van der Waals surface area contributed by atoms with Gasteiger partial charge < -0.3 is 4.42 Å². The molecule has 0 saturated carbocycles. The van der Waals surface area contributed by atoms with Crippen molar-refractivity contribution in [3.05, 3.63) is 193 Å². The maximum Gasteiger partial charge on any atom is 0.135 e. The Hall–Kier alpha value is -6.96. The van der Waals surface area contributed by atoms with Crippen molar-refractivity contribution in [3.63, 3.8) is 0 Å². The summed E-state index contributed by atoms with van der Waals surface area (Å²) >= 11 is 0. The zero-order valence-electron chi connectivity index (χ0n) is 31.2. The summed E-state index contributed by atoms with van der Waals surface area (Å²) in [6.45, 7) is 4.78. The number of rotatable bonds is 3. The molecule has 12 rings (SSSR count). The Morgan fingerprint density at radius 3 is 1.36 bits per heavy atom. The van der Waals surface area contributed by atoms with Crippen molar-refractivity contribution in [2.24, 2.45) is 0 Å². The fourth-order valence-electron chi connectivity index (χ4n) is 10.1. The predicted octanol–water partition coefficient (Wildman–Crippen LogP) is 15.5. The van der Waals surface area contributed by atoms with Crippen LogP contribution in [0.15, 0.2) is 186 Å². The first-order chi connectivity index (χ1) is 27.5. The van der Waals surface area contributed by atoms with Crippen molar-refractivity contribution in [1.29, 1.82) is 0 Å². The third kappa shape index (κ3) is 4.31. The Labute approximate surface area is 325 Å². The SMILES string of the molecule is CC1(C)c2ccc(-c3ccc4oc5ccc(-c6c7ccccc7c(-c7ccccc7)c7ccccc67)cc5c4c3)cc2-c2c1c1ccccc1c1ccccc21. The van der Waals surface area contributed by atoms with Crippen molar-refractivity contribution in [3.8, 4) is 44.5 Å². The lowest BCUT2D eigenvalue weighted by atomic mass is 9.79. The summed E-state index contributed by atoms with van der Waals surface area (Å²) in [4.78, 5) is 0. The second-order valence-electron chi connectivity index (χ2n) is 16.0. The van der Waals surface area contributed by atoms with Gasteiger partial charge in [0.15, 0.2) is 0 Å². The second kappa shape index (κ2) is 11.5. The molecule has 1 heteroatoms. The molecule has 0 unspecified atom stereocenters. The molecule has 10 aromatic carbocycles. The number of benzene rings is 10. The van der Waals surface area contributed by atoms with E-state index in [1.165, 1.54) is 98.7 Å². The van der Waals surface area contributed by atoms with E-state index in [0.29, 0.717) is 0 Å². The van der Waals surface area contributed by atoms with Crippen LogP contribution in [0.25, 0.3) is 110 Å². The van der Waals surface area contributed by atoms with Crippen LogP contribution in [-0.2, 0) is 5.41 Å². The van der Waals surface area contributed by atoms with Gasteiger partial charge in [-0.05, 0) is 129 Å². The highest BCUT2D eigenvalue weighted by Gasteiger charge is 2.38. The van der Waals surface area contributed by atoms with Crippen LogP contribution in [0.3, 0.4) is 0 Å². The average molecular weight is 713 g/mol. The third-order valence-electron chi connectivity index (χ3n) is 12.6. The highest BCUT2D eigenvalue weighted by atomic mass is 16.3. The van der Waals surface area contributed by atoms with E-state index in [1.807, 2.05) is 0 Å². The first-order valence-corrected chi connectivity index (χ1v) is 19.6. The molecule has 1 nitrogen and oxygen atoms in total. The molecule has 56 heavy (non-hydrogen) atoms. The van der Waals surface area contributed by atoms with Gasteiger partial charge in [0, 0.05) is 16.2 Å². The van der Waals surface area contributed by atoms with Gasteiger partial charge in [-0.1, -0.05) is 166 Å². The minimum Gasteiger partial charge on any atom is -0.456 e. The first kappa shape index (κ1) is 31.4. The zero-order chi connectivity index (χ0) is 37.1. The van der Waals surface area contributed by atoms with Gasteiger partial charge in [-0.25, -0.2) is 0 Å². The van der Waals surface area contributed by atoms with E-state index in [-0.39, 0.29) is 5.41 Å². The third-order valence-corrected chi connectivity index (χ3v) is 12.6. The molecular weight excluding hydrogens is 677 g/mol. The molecule has 1 aliphatic carbocycles. The molecular formula is C55H36O. The van der Waals surface area contributed by atoms with Gasteiger partial charge in [-0.2, -0.15) is 0 Å². The maximum absolute atomic E-state index is 6.52. The Kier molecular flexibility index (Phi) is 6.46. The van der Waals surface area contributed by atoms with Crippen LogP contribution in [0.1, 0.15) is 25.0 Å². The molecule has 11 aromatic rings. The fraction of sp³-hybridized carbons (Fsp3) is 0.0545. The molecule has 0 fully saturated rings. The van der Waals surface area contributed by atoms with Gasteiger partial charge in [0.05, 0.1) is 0 Å². The van der Waals surface area contributed by atoms with Crippen LogP contribution < -0.4 is 0 Å². The van der Waals surface area contributed by atoms with Crippen LogP contribution >= 0.6 is 0 Å². The van der Waals surface area contributed by atoms with Crippen molar-refractivity contribution >= 4 is 65.0 Å². The van der Waals surface area contributed by atoms with Gasteiger partial charge >= 0.3 is 0 Å². The summed E-state index contributed by atoms with van der Waals surface area (Å²) in [5, 5.41) is 12.6. The monoisotopic (exact) mass is 712 g/mol. The molecule has 0 radical (unpaired) electrons. The van der Waals surface area contributed by atoms with Crippen LogP contribution in [0, 0.1) is 0 Å². The summed E-state index contributed by atoms with van der Waals surface area (Å²) in [5.74, 6) is 0. The highest BCUT2D eigenvalue weighted by Crippen LogP contribution is 2.55.